The highest BCUT2D eigenvalue weighted by atomic mass is 15.0. The van der Waals surface area contributed by atoms with Crippen LogP contribution in [-0.4, -0.2) is 15.0 Å². The summed E-state index contributed by atoms with van der Waals surface area (Å²) >= 11 is 0. The minimum atomic E-state index is 0.670. The zero-order valence-electron chi connectivity index (χ0n) is 29.7. The van der Waals surface area contributed by atoms with Gasteiger partial charge in [0.05, 0.1) is 0 Å². The highest BCUT2D eigenvalue weighted by Crippen LogP contribution is 2.48. The van der Waals surface area contributed by atoms with E-state index in [0.29, 0.717) is 17.5 Å². The van der Waals surface area contributed by atoms with E-state index in [0.717, 1.165) is 40.3 Å². The second kappa shape index (κ2) is 13.5. The molecule has 1 aromatic heterocycles. The van der Waals surface area contributed by atoms with Gasteiger partial charge in [0.15, 0.2) is 17.5 Å². The van der Waals surface area contributed by atoms with E-state index in [4.69, 9.17) is 15.0 Å². The second-order valence-electron chi connectivity index (χ2n) is 13.8. The lowest BCUT2D eigenvalue weighted by Gasteiger charge is -2.21. The molecule has 0 fully saturated rings. The van der Waals surface area contributed by atoms with Crippen LogP contribution in [0.4, 0.5) is 0 Å². The molecule has 0 unspecified atom stereocenters. The number of aromatic nitrogens is 3. The van der Waals surface area contributed by atoms with Gasteiger partial charge in [0.25, 0.3) is 0 Å². The van der Waals surface area contributed by atoms with Crippen molar-refractivity contribution in [2.45, 2.75) is 12.8 Å². The van der Waals surface area contributed by atoms with Crippen molar-refractivity contribution in [1.82, 2.24) is 15.0 Å². The van der Waals surface area contributed by atoms with E-state index in [9.17, 15) is 0 Å². The summed E-state index contributed by atoms with van der Waals surface area (Å²) in [6.07, 6.45) is 8.57. The fraction of sp³-hybridized carbons (Fsp3) is 0.0392. The summed E-state index contributed by atoms with van der Waals surface area (Å²) in [4.78, 5) is 15.3. The maximum atomic E-state index is 5.14. The first kappa shape index (κ1) is 31.7. The molecule has 9 aromatic rings. The van der Waals surface area contributed by atoms with Gasteiger partial charge < -0.3 is 0 Å². The molecule has 0 radical (unpaired) electrons. The average molecular weight is 690 g/mol. The van der Waals surface area contributed by atoms with E-state index in [2.05, 4.69) is 170 Å². The molecule has 0 N–H and O–H groups in total. The average Bonchev–Trinajstić information content (AvgIpc) is 3.26. The van der Waals surface area contributed by atoms with E-state index >= 15 is 0 Å². The minimum absolute atomic E-state index is 0.670. The molecule has 10 rings (SSSR count). The highest BCUT2D eigenvalue weighted by Gasteiger charge is 2.22. The molecule has 3 heteroatoms. The Morgan fingerprint density at radius 1 is 0.315 bits per heavy atom. The topological polar surface area (TPSA) is 38.7 Å². The predicted molar refractivity (Wildman–Crippen MR) is 226 cm³/mol. The molecule has 0 saturated carbocycles. The summed E-state index contributed by atoms with van der Waals surface area (Å²) in [6, 6.07) is 60.7. The number of fused-ring (bicyclic) bond motifs is 3. The van der Waals surface area contributed by atoms with Gasteiger partial charge in [-0.3, -0.25) is 0 Å². The van der Waals surface area contributed by atoms with E-state index < -0.39 is 0 Å². The molecular formula is C51H35N3. The third kappa shape index (κ3) is 5.50. The van der Waals surface area contributed by atoms with E-state index in [1.807, 2.05) is 18.2 Å². The molecule has 1 aliphatic carbocycles. The maximum Gasteiger partial charge on any atom is 0.164 e. The number of hydrogen-bond acceptors (Lipinski definition) is 3. The molecule has 3 nitrogen and oxygen atoms in total. The Labute approximate surface area is 314 Å². The standard InChI is InChI=1S/C51H35N3/c1-4-18-34(19-5-1)37-24-10-13-27-40(37)47-41-28-14-16-30-43(41)48(44-31-17-15-29-42(44)47)45-32-33-46(39-26-12-11-25-38(39)45)51-53-49(35-20-6-2-7-21-35)52-50(54-51)36-22-8-3-9-23-36/h1-2,4-8,10-33H,3,9H2. The minimum Gasteiger partial charge on any atom is -0.208 e. The quantitative estimate of drug-likeness (QED) is 0.163. The summed E-state index contributed by atoms with van der Waals surface area (Å²) < 4.78 is 0. The third-order valence-electron chi connectivity index (χ3n) is 10.6. The van der Waals surface area contributed by atoms with Gasteiger partial charge in [0.2, 0.25) is 0 Å². The van der Waals surface area contributed by atoms with Crippen molar-refractivity contribution in [1.29, 1.82) is 0 Å². The second-order valence-corrected chi connectivity index (χ2v) is 13.8. The van der Waals surface area contributed by atoms with Gasteiger partial charge in [-0.25, -0.2) is 15.0 Å². The van der Waals surface area contributed by atoms with Crippen LogP contribution in [0.1, 0.15) is 18.7 Å². The van der Waals surface area contributed by atoms with Crippen molar-refractivity contribution in [2.24, 2.45) is 0 Å². The number of allylic oxidation sites excluding steroid dienone is 4. The Kier molecular flexibility index (Phi) is 7.96. The highest BCUT2D eigenvalue weighted by molar-refractivity contribution is 6.24. The molecular weight excluding hydrogens is 655 g/mol. The first-order valence-electron chi connectivity index (χ1n) is 18.6. The number of benzene rings is 8. The van der Waals surface area contributed by atoms with Crippen LogP contribution < -0.4 is 0 Å². The van der Waals surface area contributed by atoms with Crippen LogP contribution in [0, 0.1) is 0 Å². The molecule has 0 aliphatic heterocycles. The molecule has 1 heterocycles. The lowest BCUT2D eigenvalue weighted by Crippen LogP contribution is -2.03. The van der Waals surface area contributed by atoms with Crippen LogP contribution in [0.3, 0.4) is 0 Å². The van der Waals surface area contributed by atoms with Crippen molar-refractivity contribution in [3.63, 3.8) is 0 Å². The van der Waals surface area contributed by atoms with Crippen molar-refractivity contribution in [3.8, 4) is 56.2 Å². The molecule has 0 spiro atoms. The number of rotatable bonds is 6. The molecule has 0 bridgehead atoms. The van der Waals surface area contributed by atoms with Gasteiger partial charge >= 0.3 is 0 Å². The first-order chi connectivity index (χ1) is 26.8. The Balaban J connectivity index is 1.22. The summed E-state index contributed by atoms with van der Waals surface area (Å²) in [5.41, 5.74) is 10.3. The van der Waals surface area contributed by atoms with Crippen molar-refractivity contribution in [2.75, 3.05) is 0 Å². The van der Waals surface area contributed by atoms with Gasteiger partial charge in [-0.15, -0.1) is 0 Å². The maximum absolute atomic E-state index is 5.14. The normalized spacial score (nSPS) is 12.7. The van der Waals surface area contributed by atoms with Crippen LogP contribution in [0.15, 0.2) is 188 Å². The van der Waals surface area contributed by atoms with Gasteiger partial charge in [0, 0.05) is 16.7 Å². The zero-order chi connectivity index (χ0) is 35.8. The summed E-state index contributed by atoms with van der Waals surface area (Å²) in [5, 5.41) is 7.15. The van der Waals surface area contributed by atoms with Crippen LogP contribution in [0.2, 0.25) is 0 Å². The Morgan fingerprint density at radius 2 is 0.778 bits per heavy atom. The predicted octanol–water partition coefficient (Wildman–Crippen LogP) is 13.4. The molecule has 254 valence electrons. The Morgan fingerprint density at radius 3 is 1.39 bits per heavy atom. The summed E-state index contributed by atoms with van der Waals surface area (Å²) in [5.74, 6) is 2.04. The van der Waals surface area contributed by atoms with Crippen molar-refractivity contribution < 1.29 is 0 Å². The van der Waals surface area contributed by atoms with Crippen LogP contribution in [-0.2, 0) is 0 Å². The van der Waals surface area contributed by atoms with Crippen LogP contribution in [0.25, 0.3) is 94.0 Å². The number of hydrogen-bond donors (Lipinski definition) is 0. The smallest absolute Gasteiger partial charge is 0.164 e. The zero-order valence-corrected chi connectivity index (χ0v) is 29.7. The first-order valence-corrected chi connectivity index (χ1v) is 18.6. The molecule has 0 saturated heterocycles. The number of nitrogens with zero attached hydrogens (tertiary/aromatic N) is 3. The van der Waals surface area contributed by atoms with Crippen LogP contribution in [0.5, 0.6) is 0 Å². The molecule has 54 heavy (non-hydrogen) atoms. The molecule has 0 amide bonds. The Bertz CT molecular complexity index is 2870. The molecule has 1 aliphatic rings. The third-order valence-corrected chi connectivity index (χ3v) is 10.6. The molecule has 8 aromatic carbocycles. The van der Waals surface area contributed by atoms with E-state index in [1.54, 1.807) is 0 Å². The SMILES string of the molecule is C1=CC(c2nc(-c3ccccc3)nc(-c3ccc(-c4c5ccccc5c(-c5ccccc5-c5ccccc5)c5ccccc45)c4ccccc34)n2)=CCC1. The molecule has 0 atom stereocenters. The lowest BCUT2D eigenvalue weighted by molar-refractivity contribution is 1.01. The largest absolute Gasteiger partial charge is 0.208 e. The van der Waals surface area contributed by atoms with Crippen LogP contribution >= 0.6 is 0 Å². The van der Waals surface area contributed by atoms with Gasteiger partial charge in [-0.2, -0.15) is 0 Å². The van der Waals surface area contributed by atoms with E-state index in [-0.39, 0.29) is 0 Å². The fourth-order valence-electron chi connectivity index (χ4n) is 8.11. The summed E-state index contributed by atoms with van der Waals surface area (Å²) in [7, 11) is 0. The van der Waals surface area contributed by atoms with Crippen molar-refractivity contribution >= 4 is 37.9 Å². The van der Waals surface area contributed by atoms with E-state index in [1.165, 1.54) is 54.9 Å². The van der Waals surface area contributed by atoms with Crippen molar-refractivity contribution in [3.05, 3.63) is 194 Å². The monoisotopic (exact) mass is 689 g/mol. The lowest BCUT2D eigenvalue weighted by atomic mass is 9.82. The van der Waals surface area contributed by atoms with Gasteiger partial charge in [0.1, 0.15) is 0 Å². The van der Waals surface area contributed by atoms with Gasteiger partial charge in [-0.1, -0.05) is 182 Å². The fourth-order valence-corrected chi connectivity index (χ4v) is 8.11. The van der Waals surface area contributed by atoms with Gasteiger partial charge in [-0.05, 0) is 84.6 Å². The Hall–Kier alpha value is -6.97. The summed E-state index contributed by atoms with van der Waals surface area (Å²) in [6.45, 7) is 0.